The Balaban J connectivity index is 2.76. The molecule has 1 atom stereocenters. The van der Waals surface area contributed by atoms with E-state index in [9.17, 15) is 13.6 Å². The van der Waals surface area contributed by atoms with Gasteiger partial charge in [0.05, 0.1) is 0 Å². The van der Waals surface area contributed by atoms with Crippen molar-refractivity contribution in [3.63, 3.8) is 0 Å². The number of nitrogens with one attached hydrogen (secondary N) is 2. The first-order valence-corrected chi connectivity index (χ1v) is 6.91. The number of rotatable bonds is 7. The van der Waals surface area contributed by atoms with Crippen molar-refractivity contribution in [1.29, 1.82) is 0 Å². The molecule has 1 aromatic rings. The summed E-state index contributed by atoms with van der Waals surface area (Å²) in [6, 6.07) is 1.78. The number of halogens is 2. The minimum Gasteiger partial charge on any atom is -0.348 e. The molecule has 1 unspecified atom stereocenters. The summed E-state index contributed by atoms with van der Waals surface area (Å²) in [5.74, 6) is 2.68. The van der Waals surface area contributed by atoms with E-state index in [2.05, 4.69) is 10.2 Å². The quantitative estimate of drug-likeness (QED) is 0.529. The van der Waals surface area contributed by atoms with Crippen LogP contribution >= 0.6 is 0 Å². The number of nitrogen functional groups attached to an aromatic ring is 1. The third-order valence-electron chi connectivity index (χ3n) is 3.25. The fourth-order valence-corrected chi connectivity index (χ4v) is 2.06. The fraction of sp³-hybridized carbons (Fsp3) is 0.500. The van der Waals surface area contributed by atoms with Crippen LogP contribution in [0.5, 0.6) is 0 Å². The molecule has 0 fully saturated rings. The lowest BCUT2D eigenvalue weighted by Gasteiger charge is -2.23. The Hall–Kier alpha value is -1.73. The molecule has 21 heavy (non-hydrogen) atoms. The zero-order valence-electron chi connectivity index (χ0n) is 12.5. The zero-order chi connectivity index (χ0) is 16.0. The van der Waals surface area contributed by atoms with E-state index >= 15 is 0 Å². The lowest BCUT2D eigenvalue weighted by Crippen LogP contribution is -2.42. The van der Waals surface area contributed by atoms with Gasteiger partial charge in [-0.25, -0.2) is 8.78 Å². The predicted octanol–water partition coefficient (Wildman–Crippen LogP) is 1.71. The first-order chi connectivity index (χ1) is 9.92. The number of carbonyl (C=O) groups excluding carboxylic acids is 1. The molecule has 0 aliphatic carbocycles. The van der Waals surface area contributed by atoms with Crippen LogP contribution in [0, 0.1) is 11.6 Å². The number of carbonyl (C=O) groups is 1. The summed E-state index contributed by atoms with van der Waals surface area (Å²) in [6.07, 6.45) is 0. The molecule has 118 valence electrons. The normalized spacial score (nSPS) is 12.3. The molecule has 0 bridgehead atoms. The van der Waals surface area contributed by atoms with Crippen LogP contribution in [0.1, 0.15) is 31.1 Å². The van der Waals surface area contributed by atoms with E-state index in [4.69, 9.17) is 5.84 Å². The van der Waals surface area contributed by atoms with Gasteiger partial charge in [0.25, 0.3) is 5.91 Å². The first kappa shape index (κ1) is 17.3. The maximum atomic E-state index is 13.6. The van der Waals surface area contributed by atoms with Crippen LogP contribution in [0.2, 0.25) is 0 Å². The minimum atomic E-state index is -0.904. The summed E-state index contributed by atoms with van der Waals surface area (Å²) in [6.45, 7) is 8.32. The molecule has 0 saturated carbocycles. The van der Waals surface area contributed by atoms with Gasteiger partial charge in [-0.05, 0) is 32.1 Å². The highest BCUT2D eigenvalue weighted by molar-refractivity contribution is 5.94. The summed E-state index contributed by atoms with van der Waals surface area (Å²) >= 11 is 0. The van der Waals surface area contributed by atoms with E-state index in [1.54, 1.807) is 0 Å². The van der Waals surface area contributed by atoms with Crippen LogP contribution < -0.4 is 16.6 Å². The van der Waals surface area contributed by atoms with Crippen molar-refractivity contribution >= 4 is 11.6 Å². The largest absolute Gasteiger partial charge is 0.348 e. The van der Waals surface area contributed by atoms with Gasteiger partial charge in [0, 0.05) is 18.2 Å². The van der Waals surface area contributed by atoms with Gasteiger partial charge >= 0.3 is 0 Å². The SMILES string of the molecule is CCN(CC)CC(C)NC(=O)c1cc(F)c(NN)c(F)c1. The highest BCUT2D eigenvalue weighted by Gasteiger charge is 2.16. The van der Waals surface area contributed by atoms with E-state index < -0.39 is 23.2 Å². The predicted molar refractivity (Wildman–Crippen MR) is 78.9 cm³/mol. The fourth-order valence-electron chi connectivity index (χ4n) is 2.06. The van der Waals surface area contributed by atoms with Crippen LogP contribution in [-0.4, -0.2) is 36.5 Å². The molecule has 7 heteroatoms. The molecule has 1 amide bonds. The first-order valence-electron chi connectivity index (χ1n) is 6.91. The van der Waals surface area contributed by atoms with E-state index in [0.717, 1.165) is 25.2 Å². The molecular weight excluding hydrogens is 278 g/mol. The monoisotopic (exact) mass is 300 g/mol. The van der Waals surface area contributed by atoms with E-state index in [0.29, 0.717) is 6.54 Å². The van der Waals surface area contributed by atoms with Crippen molar-refractivity contribution in [3.05, 3.63) is 29.3 Å². The van der Waals surface area contributed by atoms with Crippen LogP contribution in [0.15, 0.2) is 12.1 Å². The Kier molecular flexibility index (Phi) is 6.51. The molecular formula is C14H22F2N4O. The third kappa shape index (κ3) is 4.64. The molecule has 0 heterocycles. The van der Waals surface area contributed by atoms with Crippen molar-refractivity contribution in [2.24, 2.45) is 5.84 Å². The van der Waals surface area contributed by atoms with Gasteiger partial charge in [0.15, 0.2) is 11.6 Å². The number of amides is 1. The van der Waals surface area contributed by atoms with Crippen molar-refractivity contribution in [2.75, 3.05) is 25.1 Å². The molecule has 0 saturated heterocycles. The smallest absolute Gasteiger partial charge is 0.251 e. The molecule has 0 radical (unpaired) electrons. The van der Waals surface area contributed by atoms with Crippen LogP contribution in [0.3, 0.4) is 0 Å². The van der Waals surface area contributed by atoms with Gasteiger partial charge in [-0.3, -0.25) is 10.6 Å². The maximum absolute atomic E-state index is 13.6. The molecule has 0 aliphatic heterocycles. The standard InChI is InChI=1S/C14H22F2N4O/c1-4-20(5-2)8-9(3)18-14(21)10-6-11(15)13(19-17)12(16)7-10/h6-7,9,19H,4-5,8,17H2,1-3H3,(H,18,21). The highest BCUT2D eigenvalue weighted by atomic mass is 19.1. The Morgan fingerprint density at radius 2 is 1.81 bits per heavy atom. The van der Waals surface area contributed by atoms with Gasteiger partial charge in [-0.1, -0.05) is 13.8 Å². The number of likely N-dealkylation sites (N-methyl/N-ethyl adjacent to an activating group) is 1. The summed E-state index contributed by atoms with van der Waals surface area (Å²) in [7, 11) is 0. The lowest BCUT2D eigenvalue weighted by atomic mass is 10.1. The maximum Gasteiger partial charge on any atom is 0.251 e. The number of nitrogens with two attached hydrogens (primary N) is 1. The average molecular weight is 300 g/mol. The van der Waals surface area contributed by atoms with Gasteiger partial charge in [-0.15, -0.1) is 0 Å². The van der Waals surface area contributed by atoms with Crippen molar-refractivity contribution < 1.29 is 13.6 Å². The highest BCUT2D eigenvalue weighted by Crippen LogP contribution is 2.19. The Bertz CT molecular complexity index is 469. The van der Waals surface area contributed by atoms with Crippen LogP contribution in [0.4, 0.5) is 14.5 Å². The minimum absolute atomic E-state index is 0.0737. The van der Waals surface area contributed by atoms with Crippen molar-refractivity contribution in [3.8, 4) is 0 Å². The number of benzene rings is 1. The number of hydrogen-bond donors (Lipinski definition) is 3. The van der Waals surface area contributed by atoms with Crippen molar-refractivity contribution in [2.45, 2.75) is 26.8 Å². The number of hydrogen-bond acceptors (Lipinski definition) is 4. The Labute approximate surface area is 123 Å². The van der Waals surface area contributed by atoms with E-state index in [-0.39, 0.29) is 11.6 Å². The van der Waals surface area contributed by atoms with Gasteiger partial charge in [0.2, 0.25) is 0 Å². The Morgan fingerprint density at radius 1 is 1.29 bits per heavy atom. The van der Waals surface area contributed by atoms with E-state index in [1.165, 1.54) is 0 Å². The zero-order valence-corrected chi connectivity index (χ0v) is 12.5. The number of hydrazine groups is 1. The van der Waals surface area contributed by atoms with Crippen LogP contribution in [-0.2, 0) is 0 Å². The average Bonchev–Trinajstić information content (AvgIpc) is 2.44. The van der Waals surface area contributed by atoms with Crippen LogP contribution in [0.25, 0.3) is 0 Å². The summed E-state index contributed by atoms with van der Waals surface area (Å²) < 4.78 is 27.1. The molecule has 0 aliphatic rings. The summed E-state index contributed by atoms with van der Waals surface area (Å²) in [5, 5.41) is 2.72. The third-order valence-corrected chi connectivity index (χ3v) is 3.25. The lowest BCUT2D eigenvalue weighted by molar-refractivity contribution is 0.0929. The molecule has 0 spiro atoms. The van der Waals surface area contributed by atoms with Gasteiger partial charge in [0.1, 0.15) is 5.69 Å². The molecule has 5 nitrogen and oxygen atoms in total. The second-order valence-electron chi connectivity index (χ2n) is 4.82. The Morgan fingerprint density at radius 3 is 2.24 bits per heavy atom. The number of nitrogens with zero attached hydrogens (tertiary/aromatic N) is 1. The second kappa shape index (κ2) is 7.90. The summed E-state index contributed by atoms with van der Waals surface area (Å²) in [5.41, 5.74) is 1.39. The molecule has 1 aromatic carbocycles. The van der Waals surface area contributed by atoms with Gasteiger partial charge < -0.3 is 15.6 Å². The molecule has 1 rings (SSSR count). The van der Waals surface area contributed by atoms with E-state index in [1.807, 2.05) is 26.2 Å². The molecule has 4 N–H and O–H groups in total. The summed E-state index contributed by atoms with van der Waals surface area (Å²) in [4.78, 5) is 14.1. The van der Waals surface area contributed by atoms with Gasteiger partial charge in [-0.2, -0.15) is 0 Å². The topological polar surface area (TPSA) is 70.4 Å². The van der Waals surface area contributed by atoms with Crippen molar-refractivity contribution in [1.82, 2.24) is 10.2 Å². The second-order valence-corrected chi connectivity index (χ2v) is 4.82. The molecule has 0 aromatic heterocycles. The number of anilines is 1.